The van der Waals surface area contributed by atoms with Gasteiger partial charge in [-0.25, -0.2) is 5.32 Å². The van der Waals surface area contributed by atoms with Crippen LogP contribution in [0.5, 0.6) is 0 Å². The number of Topliss-reactive ketones (excluding diaryl/α,β-unsaturated/α-hetero) is 1. The van der Waals surface area contributed by atoms with Gasteiger partial charge in [-0.3, -0.25) is 9.59 Å². The van der Waals surface area contributed by atoms with Crippen molar-refractivity contribution in [3.63, 3.8) is 0 Å². The van der Waals surface area contributed by atoms with Gasteiger partial charge in [-0.2, -0.15) is 5.26 Å². The third-order valence-corrected chi connectivity index (χ3v) is 4.81. The van der Waals surface area contributed by atoms with Crippen LogP contribution in [0.2, 0.25) is 0 Å². The number of nitrogens with one attached hydrogen (secondary N) is 1. The van der Waals surface area contributed by atoms with Crippen LogP contribution in [0.4, 0.5) is 0 Å². The molecule has 2 heterocycles. The highest BCUT2D eigenvalue weighted by atomic mass is 16.8. The molecule has 0 spiro atoms. The molecule has 3 atom stereocenters. The van der Waals surface area contributed by atoms with Crippen LogP contribution in [-0.2, 0) is 19.1 Å². The van der Waals surface area contributed by atoms with Crippen LogP contribution >= 0.6 is 0 Å². The molecule has 4 rings (SSSR count). The highest BCUT2D eigenvalue weighted by molar-refractivity contribution is 5.99. The second-order valence-corrected chi connectivity index (χ2v) is 6.31. The summed E-state index contributed by atoms with van der Waals surface area (Å²) in [6.45, 7) is 1.27. The monoisotopic (exact) mass is 324 g/mol. The van der Waals surface area contributed by atoms with E-state index in [4.69, 9.17) is 9.47 Å². The van der Waals surface area contributed by atoms with E-state index < -0.39 is 23.3 Å². The van der Waals surface area contributed by atoms with Crippen LogP contribution < -0.4 is 5.32 Å². The van der Waals surface area contributed by atoms with Crippen molar-refractivity contribution in [2.75, 3.05) is 0 Å². The van der Waals surface area contributed by atoms with Gasteiger partial charge in [0.05, 0.1) is 12.0 Å². The number of nitriles is 1. The molecule has 3 aliphatic rings. The van der Waals surface area contributed by atoms with Crippen molar-refractivity contribution in [1.29, 1.82) is 5.26 Å². The van der Waals surface area contributed by atoms with E-state index in [0.29, 0.717) is 30.6 Å². The molecule has 122 valence electrons. The first-order valence-corrected chi connectivity index (χ1v) is 7.93. The Morgan fingerprint density at radius 1 is 1.38 bits per heavy atom. The molecule has 6 heteroatoms. The first kappa shape index (κ1) is 14.9. The first-order valence-electron chi connectivity index (χ1n) is 7.93. The molecule has 1 aromatic rings. The summed E-state index contributed by atoms with van der Waals surface area (Å²) >= 11 is 0. The van der Waals surface area contributed by atoms with Crippen LogP contribution in [0.3, 0.4) is 0 Å². The number of ether oxygens (including phenoxy) is 2. The number of benzene rings is 1. The second-order valence-electron chi connectivity index (χ2n) is 6.31. The highest BCUT2D eigenvalue weighted by Crippen LogP contribution is 2.59. The number of rotatable bonds is 2. The Morgan fingerprint density at radius 2 is 2.12 bits per heavy atom. The van der Waals surface area contributed by atoms with Gasteiger partial charge in [-0.05, 0) is 12.0 Å². The lowest BCUT2D eigenvalue weighted by Gasteiger charge is -2.35. The number of hydrogen-bond acceptors (Lipinski definition) is 6. The van der Waals surface area contributed by atoms with E-state index in [-0.39, 0.29) is 5.78 Å². The third-order valence-electron chi connectivity index (χ3n) is 4.81. The molecule has 1 aliphatic carbocycles. The fourth-order valence-electron chi connectivity index (χ4n) is 3.81. The van der Waals surface area contributed by atoms with Gasteiger partial charge in [-0.1, -0.05) is 30.3 Å². The van der Waals surface area contributed by atoms with Gasteiger partial charge in [-0.15, -0.1) is 0 Å². The van der Waals surface area contributed by atoms with Crippen molar-refractivity contribution in [3.8, 4) is 6.07 Å². The molecule has 3 unspecified atom stereocenters. The largest absolute Gasteiger partial charge is 0.441 e. The molecule has 1 aromatic carbocycles. The van der Waals surface area contributed by atoms with Crippen molar-refractivity contribution in [3.05, 3.63) is 47.2 Å². The summed E-state index contributed by atoms with van der Waals surface area (Å²) in [5, 5.41) is 12.8. The van der Waals surface area contributed by atoms with Crippen molar-refractivity contribution in [2.24, 2.45) is 0 Å². The summed E-state index contributed by atoms with van der Waals surface area (Å²) < 4.78 is 11.2. The zero-order valence-electron chi connectivity index (χ0n) is 13.2. The van der Waals surface area contributed by atoms with E-state index in [1.165, 1.54) is 6.92 Å². The van der Waals surface area contributed by atoms with Gasteiger partial charge in [0.15, 0.2) is 5.78 Å². The summed E-state index contributed by atoms with van der Waals surface area (Å²) in [4.78, 5) is 24.1. The molecular formula is C18H16N2O4. The minimum Gasteiger partial charge on any atom is -0.441 e. The lowest BCUT2D eigenvalue weighted by atomic mass is 9.73. The predicted octanol–water partition coefficient (Wildman–Crippen LogP) is 1.89. The normalized spacial score (nSPS) is 33.7. The molecule has 2 aliphatic heterocycles. The number of nitrogens with zero attached hydrogens (tertiary/aromatic N) is 1. The van der Waals surface area contributed by atoms with E-state index in [1.54, 1.807) is 0 Å². The minimum absolute atomic E-state index is 0.00940. The Labute approximate surface area is 139 Å². The van der Waals surface area contributed by atoms with Crippen LogP contribution in [0, 0.1) is 11.3 Å². The lowest BCUT2D eigenvalue weighted by molar-refractivity contribution is -0.187. The first-order chi connectivity index (χ1) is 11.5. The number of hydrogen-bond donors (Lipinski definition) is 1. The Balaban J connectivity index is 1.91. The molecule has 0 saturated carbocycles. The molecule has 1 saturated heterocycles. The zero-order chi connectivity index (χ0) is 16.9. The second kappa shape index (κ2) is 4.92. The Morgan fingerprint density at radius 3 is 2.79 bits per heavy atom. The maximum absolute atomic E-state index is 12.6. The molecule has 0 bridgehead atoms. The van der Waals surface area contributed by atoms with E-state index in [0.717, 1.165) is 5.56 Å². The maximum Gasteiger partial charge on any atom is 0.351 e. The van der Waals surface area contributed by atoms with Crippen molar-refractivity contribution in [2.45, 2.75) is 43.6 Å². The summed E-state index contributed by atoms with van der Waals surface area (Å²) in [6.07, 6.45) is 1.72. The Bertz CT molecular complexity index is 810. The Kier molecular flexibility index (Phi) is 3.06. The van der Waals surface area contributed by atoms with Gasteiger partial charge in [0.25, 0.3) is 0 Å². The summed E-state index contributed by atoms with van der Waals surface area (Å²) in [5.41, 5.74) is 0.0691. The fourth-order valence-corrected chi connectivity index (χ4v) is 3.81. The van der Waals surface area contributed by atoms with E-state index in [2.05, 4.69) is 11.4 Å². The molecule has 0 radical (unpaired) electrons. The number of fused-ring (bicyclic) bond motifs is 1. The summed E-state index contributed by atoms with van der Waals surface area (Å²) in [7, 11) is 0. The van der Waals surface area contributed by atoms with Gasteiger partial charge >= 0.3 is 11.9 Å². The summed E-state index contributed by atoms with van der Waals surface area (Å²) in [6, 6.07) is 11.5. The smallest absolute Gasteiger partial charge is 0.351 e. The van der Waals surface area contributed by atoms with Gasteiger partial charge in [0.2, 0.25) is 5.54 Å². The molecule has 1 N–H and O–H groups in total. The van der Waals surface area contributed by atoms with Gasteiger partial charge < -0.3 is 9.47 Å². The molecule has 0 aromatic heterocycles. The van der Waals surface area contributed by atoms with Crippen LogP contribution in [-0.4, -0.2) is 23.2 Å². The van der Waals surface area contributed by atoms with Crippen molar-refractivity contribution >= 4 is 11.8 Å². The van der Waals surface area contributed by atoms with Gasteiger partial charge in [0, 0.05) is 25.3 Å². The average Bonchev–Trinajstić information content (AvgIpc) is 3.20. The molecule has 24 heavy (non-hydrogen) atoms. The third kappa shape index (κ3) is 1.85. The fraction of sp³-hybridized carbons (Fsp3) is 0.389. The van der Waals surface area contributed by atoms with Crippen molar-refractivity contribution < 1.29 is 19.1 Å². The topological polar surface area (TPSA) is 98.3 Å². The maximum atomic E-state index is 12.6. The SMILES string of the molecule is CC(=O)OC12NC1(C#N)C(c1ccccc1)C1=C(CCCC1=O)O2. The Hall–Kier alpha value is -2.65. The number of carbonyl (C=O) groups excluding carboxylic acids is 2. The number of esters is 1. The minimum atomic E-state index is -1.51. The van der Waals surface area contributed by atoms with E-state index >= 15 is 0 Å². The van der Waals surface area contributed by atoms with Crippen LogP contribution in [0.15, 0.2) is 41.7 Å². The van der Waals surface area contributed by atoms with E-state index in [1.807, 2.05) is 30.3 Å². The molecule has 1 fully saturated rings. The zero-order valence-corrected chi connectivity index (χ0v) is 13.2. The average molecular weight is 324 g/mol. The number of ketones is 1. The highest BCUT2D eigenvalue weighted by Gasteiger charge is 2.82. The number of allylic oxidation sites excluding steroid dienone is 1. The lowest BCUT2D eigenvalue weighted by Crippen LogP contribution is -2.43. The van der Waals surface area contributed by atoms with Crippen molar-refractivity contribution in [1.82, 2.24) is 5.32 Å². The quantitative estimate of drug-likeness (QED) is 0.659. The molecular weight excluding hydrogens is 308 g/mol. The van der Waals surface area contributed by atoms with Crippen LogP contribution in [0.1, 0.15) is 37.7 Å². The molecule has 6 nitrogen and oxygen atoms in total. The standard InChI is InChI=1S/C18H16N2O4/c1-11(21)23-18-17(10-19,20-18)16(12-6-3-2-4-7-12)15-13(22)8-5-9-14(15)24-18/h2-4,6-7,16,20H,5,8-9H2,1H3. The number of carbonyl (C=O) groups is 2. The van der Waals surface area contributed by atoms with E-state index in [9.17, 15) is 14.9 Å². The van der Waals surface area contributed by atoms with Gasteiger partial charge in [0.1, 0.15) is 5.76 Å². The molecule has 0 amide bonds. The predicted molar refractivity (Wildman–Crippen MR) is 82.1 cm³/mol. The van der Waals surface area contributed by atoms with Crippen LogP contribution in [0.25, 0.3) is 0 Å². The summed E-state index contributed by atoms with van der Waals surface area (Å²) in [5.74, 6) is -2.07.